The fraction of sp³-hybridized carbons (Fsp3) is 0.154. The lowest BCUT2D eigenvalue weighted by molar-refractivity contribution is -0.120. The van der Waals surface area contributed by atoms with E-state index in [0.29, 0.717) is 17.3 Å². The van der Waals surface area contributed by atoms with Crippen molar-refractivity contribution in [3.63, 3.8) is 0 Å². The second-order valence-electron chi connectivity index (χ2n) is 8.50. The van der Waals surface area contributed by atoms with E-state index in [-0.39, 0.29) is 24.8 Å². The number of hydrogen-bond acceptors (Lipinski definition) is 4. The maximum Gasteiger partial charge on any atom is 0.256 e. The molecule has 3 aliphatic heterocycles. The molecule has 0 saturated carbocycles. The summed E-state index contributed by atoms with van der Waals surface area (Å²) in [6.45, 7) is 0.214. The molecule has 1 amide bonds. The van der Waals surface area contributed by atoms with Crippen LogP contribution < -0.4 is 14.4 Å². The van der Waals surface area contributed by atoms with Crippen LogP contribution >= 0.6 is 12.2 Å². The molecule has 0 unspecified atom stereocenters. The molecule has 3 aliphatic rings. The van der Waals surface area contributed by atoms with E-state index < -0.39 is 0 Å². The SMILES string of the molecule is O=C1[C@@H]2Cc3c([nH]c4ccccc34)[C@@H](c3ccc4c(c3)OCO4)N2C(=S)N1c1ccccc1. The molecular formula is C26H19N3O3S. The van der Waals surface area contributed by atoms with Crippen LogP contribution in [0.25, 0.3) is 10.9 Å². The minimum Gasteiger partial charge on any atom is -0.454 e. The molecule has 0 spiro atoms. The Morgan fingerprint density at radius 1 is 0.939 bits per heavy atom. The van der Waals surface area contributed by atoms with Gasteiger partial charge in [-0.15, -0.1) is 0 Å². The summed E-state index contributed by atoms with van der Waals surface area (Å²) in [6.07, 6.45) is 0.600. The highest BCUT2D eigenvalue weighted by Gasteiger charge is 2.51. The minimum absolute atomic E-state index is 0.00729. The van der Waals surface area contributed by atoms with E-state index in [4.69, 9.17) is 21.7 Å². The number of aromatic amines is 1. The Balaban J connectivity index is 1.43. The van der Waals surface area contributed by atoms with E-state index in [0.717, 1.165) is 33.6 Å². The van der Waals surface area contributed by atoms with E-state index in [2.05, 4.69) is 22.0 Å². The van der Waals surface area contributed by atoms with Gasteiger partial charge in [0.25, 0.3) is 5.91 Å². The van der Waals surface area contributed by atoms with Gasteiger partial charge in [0.05, 0.1) is 11.7 Å². The predicted molar refractivity (Wildman–Crippen MR) is 129 cm³/mol. The van der Waals surface area contributed by atoms with Crippen LogP contribution in [0.3, 0.4) is 0 Å². The summed E-state index contributed by atoms with van der Waals surface area (Å²) in [5.74, 6) is 1.45. The fourth-order valence-corrected chi connectivity index (χ4v) is 5.75. The van der Waals surface area contributed by atoms with Gasteiger partial charge in [0.1, 0.15) is 6.04 Å². The lowest BCUT2D eigenvalue weighted by Gasteiger charge is -2.37. The average Bonchev–Trinajstić information content (AvgIpc) is 3.53. The number of benzene rings is 3. The molecule has 4 heterocycles. The van der Waals surface area contributed by atoms with Crippen molar-refractivity contribution in [1.82, 2.24) is 9.88 Å². The summed E-state index contributed by atoms with van der Waals surface area (Å²) in [4.78, 5) is 21.1. The zero-order valence-corrected chi connectivity index (χ0v) is 18.3. The van der Waals surface area contributed by atoms with Gasteiger partial charge in [-0.2, -0.15) is 0 Å². The number of hydrogen-bond donors (Lipinski definition) is 1. The first-order valence-corrected chi connectivity index (χ1v) is 11.3. The van der Waals surface area contributed by atoms with Crippen molar-refractivity contribution >= 4 is 39.8 Å². The number of rotatable bonds is 2. The van der Waals surface area contributed by atoms with Gasteiger partial charge in [-0.25, -0.2) is 0 Å². The summed E-state index contributed by atoms with van der Waals surface area (Å²) >= 11 is 5.94. The largest absolute Gasteiger partial charge is 0.454 e. The van der Waals surface area contributed by atoms with Gasteiger partial charge in [0.15, 0.2) is 16.6 Å². The van der Waals surface area contributed by atoms with Gasteiger partial charge in [0.2, 0.25) is 6.79 Å². The van der Waals surface area contributed by atoms with Crippen molar-refractivity contribution in [2.45, 2.75) is 18.5 Å². The number of anilines is 1. The first kappa shape index (κ1) is 18.7. The third kappa shape index (κ3) is 2.60. The van der Waals surface area contributed by atoms with Gasteiger partial charge in [-0.3, -0.25) is 9.69 Å². The van der Waals surface area contributed by atoms with Crippen LogP contribution in [0.5, 0.6) is 11.5 Å². The Morgan fingerprint density at radius 3 is 2.61 bits per heavy atom. The first-order valence-electron chi connectivity index (χ1n) is 10.9. The number of aromatic nitrogens is 1. The van der Waals surface area contributed by atoms with E-state index in [1.807, 2.05) is 60.7 Å². The van der Waals surface area contributed by atoms with Crippen molar-refractivity contribution in [2.24, 2.45) is 0 Å². The van der Waals surface area contributed by atoms with Gasteiger partial charge in [0, 0.05) is 23.0 Å². The van der Waals surface area contributed by atoms with Crippen LogP contribution in [-0.2, 0) is 11.2 Å². The van der Waals surface area contributed by atoms with E-state index in [1.54, 1.807) is 4.90 Å². The highest BCUT2D eigenvalue weighted by Crippen LogP contribution is 2.46. The molecule has 6 nitrogen and oxygen atoms in total. The van der Waals surface area contributed by atoms with Gasteiger partial charge < -0.3 is 19.4 Å². The van der Waals surface area contributed by atoms with Crippen LogP contribution in [0.1, 0.15) is 22.9 Å². The van der Waals surface area contributed by atoms with Gasteiger partial charge in [-0.1, -0.05) is 42.5 Å². The highest BCUT2D eigenvalue weighted by molar-refractivity contribution is 7.80. The van der Waals surface area contributed by atoms with Crippen molar-refractivity contribution < 1.29 is 14.3 Å². The molecule has 0 radical (unpaired) electrons. The number of H-pyrrole nitrogens is 1. The summed E-state index contributed by atoms with van der Waals surface area (Å²) < 4.78 is 11.2. The number of para-hydroxylation sites is 2. The number of ether oxygens (including phenoxy) is 2. The molecule has 1 fully saturated rings. The summed E-state index contributed by atoms with van der Waals surface area (Å²) in [5.41, 5.74) is 5.09. The minimum atomic E-state index is -0.375. The van der Waals surface area contributed by atoms with E-state index in [1.165, 1.54) is 5.56 Å². The molecule has 7 rings (SSSR count). The monoisotopic (exact) mass is 453 g/mol. The topological polar surface area (TPSA) is 57.8 Å². The Kier molecular flexibility index (Phi) is 3.87. The average molecular weight is 454 g/mol. The second kappa shape index (κ2) is 6.83. The summed E-state index contributed by atoms with van der Waals surface area (Å²) in [5, 5.41) is 1.66. The van der Waals surface area contributed by atoms with E-state index in [9.17, 15) is 4.79 Å². The number of nitrogens with zero attached hydrogens (tertiary/aromatic N) is 2. The maximum atomic E-state index is 13.7. The number of nitrogens with one attached hydrogen (secondary N) is 1. The molecule has 3 aromatic carbocycles. The molecule has 1 N–H and O–H groups in total. The lowest BCUT2D eigenvalue weighted by Crippen LogP contribution is -2.44. The van der Waals surface area contributed by atoms with Crippen LogP contribution in [0.4, 0.5) is 5.69 Å². The second-order valence-corrected chi connectivity index (χ2v) is 8.86. The van der Waals surface area contributed by atoms with Crippen molar-refractivity contribution in [3.05, 3.63) is 89.6 Å². The number of fused-ring (bicyclic) bond motifs is 5. The number of carbonyl (C=O) groups excluding carboxylic acids is 1. The zero-order valence-electron chi connectivity index (χ0n) is 17.5. The Morgan fingerprint density at radius 2 is 1.73 bits per heavy atom. The molecule has 4 aromatic rings. The third-order valence-electron chi connectivity index (χ3n) is 6.78. The first-order chi connectivity index (χ1) is 16.2. The molecule has 33 heavy (non-hydrogen) atoms. The molecular weight excluding hydrogens is 434 g/mol. The van der Waals surface area contributed by atoms with Crippen LogP contribution in [0.15, 0.2) is 72.8 Å². The third-order valence-corrected chi connectivity index (χ3v) is 7.17. The zero-order chi connectivity index (χ0) is 22.1. The molecule has 1 saturated heterocycles. The summed E-state index contributed by atoms with van der Waals surface area (Å²) in [7, 11) is 0. The molecule has 162 valence electrons. The smallest absolute Gasteiger partial charge is 0.256 e. The van der Waals surface area contributed by atoms with Crippen LogP contribution in [-0.4, -0.2) is 33.7 Å². The quantitative estimate of drug-likeness (QED) is 0.452. The normalized spacial score (nSPS) is 21.0. The standard InChI is InChI=1S/C26H19N3O3S/c30-25-20-13-18-17-8-4-5-9-19(17)27-23(18)24(15-10-11-21-22(12-15)32-14-31-21)29(20)26(33)28(25)16-6-2-1-3-7-16/h1-12,20,24,27H,13-14H2/t20-,24+/m0/s1. The molecule has 0 bridgehead atoms. The number of amides is 1. The molecule has 1 aromatic heterocycles. The fourth-order valence-electron chi connectivity index (χ4n) is 5.32. The van der Waals surface area contributed by atoms with Crippen molar-refractivity contribution in [3.8, 4) is 11.5 Å². The van der Waals surface area contributed by atoms with E-state index >= 15 is 0 Å². The Labute approximate surface area is 195 Å². The summed E-state index contributed by atoms with van der Waals surface area (Å²) in [6, 6.07) is 23.2. The molecule has 7 heteroatoms. The van der Waals surface area contributed by atoms with Gasteiger partial charge >= 0.3 is 0 Å². The molecule has 0 aliphatic carbocycles. The Hall–Kier alpha value is -3.84. The highest BCUT2D eigenvalue weighted by atomic mass is 32.1. The van der Waals surface area contributed by atoms with Crippen molar-refractivity contribution in [2.75, 3.05) is 11.7 Å². The van der Waals surface area contributed by atoms with Crippen molar-refractivity contribution in [1.29, 1.82) is 0 Å². The number of thiocarbonyl (C=S) groups is 1. The lowest BCUT2D eigenvalue weighted by atomic mass is 9.89. The van der Waals surface area contributed by atoms with Gasteiger partial charge in [-0.05, 0) is 53.7 Å². The van der Waals surface area contributed by atoms with Crippen LogP contribution in [0.2, 0.25) is 0 Å². The number of carbonyl (C=O) groups is 1. The van der Waals surface area contributed by atoms with Crippen LogP contribution in [0, 0.1) is 0 Å². The predicted octanol–water partition coefficient (Wildman–Crippen LogP) is 4.54. The Bertz CT molecular complexity index is 1450. The molecule has 2 atom stereocenters. The maximum absolute atomic E-state index is 13.7.